The van der Waals surface area contributed by atoms with Gasteiger partial charge in [0, 0.05) is 28.9 Å². The fourth-order valence-corrected chi connectivity index (χ4v) is 3.83. The molecular weight excluding hydrogens is 306 g/mol. The number of hydrogen-bond donors (Lipinski definition) is 0. The summed E-state index contributed by atoms with van der Waals surface area (Å²) in [6, 6.07) is 17.4. The summed E-state index contributed by atoms with van der Waals surface area (Å²) < 4.78 is 0. The Labute approximate surface area is 142 Å². The van der Waals surface area contributed by atoms with Gasteiger partial charge >= 0.3 is 0 Å². The standard InChI is InChI=1S/C19H20ClN3/c1-13(2)23-17-9-8-15(20)12-16(17)18(14-6-4-3-5-7-14)22-11-10-21-19(22)23/h3-9,12-13,18H,10-11H2,1-2H3. The van der Waals surface area contributed by atoms with E-state index in [4.69, 9.17) is 16.6 Å². The molecule has 1 atom stereocenters. The Balaban J connectivity index is 1.95. The molecule has 23 heavy (non-hydrogen) atoms. The van der Waals surface area contributed by atoms with Crippen LogP contribution in [-0.4, -0.2) is 30.0 Å². The summed E-state index contributed by atoms with van der Waals surface area (Å²) in [5.74, 6) is 1.09. The van der Waals surface area contributed by atoms with Crippen LogP contribution in [0.15, 0.2) is 53.5 Å². The third kappa shape index (κ3) is 2.31. The molecule has 0 fully saturated rings. The third-order valence-electron chi connectivity index (χ3n) is 4.55. The summed E-state index contributed by atoms with van der Waals surface area (Å²) in [5.41, 5.74) is 3.77. The van der Waals surface area contributed by atoms with Crippen molar-refractivity contribution >= 4 is 23.2 Å². The first kappa shape index (κ1) is 14.6. The summed E-state index contributed by atoms with van der Waals surface area (Å²) in [6.45, 7) is 6.22. The normalized spacial score (nSPS) is 19.7. The lowest BCUT2D eigenvalue weighted by Crippen LogP contribution is -2.51. The largest absolute Gasteiger partial charge is 0.329 e. The van der Waals surface area contributed by atoms with E-state index in [-0.39, 0.29) is 6.04 Å². The van der Waals surface area contributed by atoms with E-state index in [1.807, 2.05) is 6.07 Å². The van der Waals surface area contributed by atoms with E-state index in [1.54, 1.807) is 0 Å². The average Bonchev–Trinajstić information content (AvgIpc) is 3.01. The molecule has 0 aromatic heterocycles. The number of rotatable bonds is 2. The van der Waals surface area contributed by atoms with Gasteiger partial charge in [0.2, 0.25) is 5.96 Å². The molecule has 0 saturated carbocycles. The van der Waals surface area contributed by atoms with Crippen LogP contribution in [-0.2, 0) is 0 Å². The first-order chi connectivity index (χ1) is 11.2. The molecule has 2 aliphatic rings. The Hall–Kier alpha value is -2.00. The molecule has 0 amide bonds. The van der Waals surface area contributed by atoms with Crippen LogP contribution in [0.5, 0.6) is 0 Å². The maximum atomic E-state index is 6.33. The Morgan fingerprint density at radius 3 is 2.65 bits per heavy atom. The van der Waals surface area contributed by atoms with E-state index in [0.717, 1.165) is 24.1 Å². The minimum Gasteiger partial charge on any atom is -0.329 e. The van der Waals surface area contributed by atoms with Gasteiger partial charge in [-0.05, 0) is 37.6 Å². The van der Waals surface area contributed by atoms with Gasteiger partial charge in [-0.3, -0.25) is 4.99 Å². The molecule has 0 aliphatic carbocycles. The molecular formula is C19H20ClN3. The number of halogens is 1. The Morgan fingerprint density at radius 2 is 1.91 bits per heavy atom. The fraction of sp³-hybridized carbons (Fsp3) is 0.316. The second-order valence-electron chi connectivity index (χ2n) is 6.36. The topological polar surface area (TPSA) is 18.8 Å². The maximum Gasteiger partial charge on any atom is 0.202 e. The predicted molar refractivity (Wildman–Crippen MR) is 96.4 cm³/mol. The molecule has 0 saturated heterocycles. The zero-order valence-corrected chi connectivity index (χ0v) is 14.2. The molecule has 4 rings (SSSR count). The van der Waals surface area contributed by atoms with Crippen molar-refractivity contribution in [3.63, 3.8) is 0 Å². The molecule has 2 aromatic rings. The Morgan fingerprint density at radius 1 is 1.13 bits per heavy atom. The summed E-state index contributed by atoms with van der Waals surface area (Å²) >= 11 is 6.33. The van der Waals surface area contributed by atoms with Crippen LogP contribution in [0.25, 0.3) is 0 Å². The lowest BCUT2D eigenvalue weighted by Gasteiger charge is -2.45. The number of hydrogen-bond acceptors (Lipinski definition) is 3. The van der Waals surface area contributed by atoms with Gasteiger partial charge in [0.15, 0.2) is 0 Å². The zero-order chi connectivity index (χ0) is 16.0. The van der Waals surface area contributed by atoms with E-state index in [2.05, 4.69) is 66.1 Å². The third-order valence-corrected chi connectivity index (χ3v) is 4.79. The minimum atomic E-state index is 0.182. The van der Waals surface area contributed by atoms with Crippen molar-refractivity contribution in [1.82, 2.24) is 4.90 Å². The number of nitrogens with zero attached hydrogens (tertiary/aromatic N) is 3. The van der Waals surface area contributed by atoms with Gasteiger partial charge in [-0.1, -0.05) is 41.9 Å². The van der Waals surface area contributed by atoms with Crippen molar-refractivity contribution in [1.29, 1.82) is 0 Å². The van der Waals surface area contributed by atoms with Crippen molar-refractivity contribution in [2.75, 3.05) is 18.0 Å². The monoisotopic (exact) mass is 325 g/mol. The van der Waals surface area contributed by atoms with Gasteiger partial charge in [0.05, 0.1) is 12.6 Å². The molecule has 2 heterocycles. The number of fused-ring (bicyclic) bond motifs is 2. The van der Waals surface area contributed by atoms with Crippen LogP contribution >= 0.6 is 11.6 Å². The highest BCUT2D eigenvalue weighted by atomic mass is 35.5. The van der Waals surface area contributed by atoms with Gasteiger partial charge in [0.25, 0.3) is 0 Å². The van der Waals surface area contributed by atoms with E-state index in [9.17, 15) is 0 Å². The summed E-state index contributed by atoms with van der Waals surface area (Å²) in [7, 11) is 0. The zero-order valence-electron chi connectivity index (χ0n) is 13.4. The molecule has 0 radical (unpaired) electrons. The first-order valence-electron chi connectivity index (χ1n) is 8.11. The number of guanidine groups is 1. The summed E-state index contributed by atoms with van der Waals surface area (Å²) in [5, 5.41) is 0.785. The van der Waals surface area contributed by atoms with E-state index in [1.165, 1.54) is 16.8 Å². The molecule has 2 aliphatic heterocycles. The number of anilines is 1. The van der Waals surface area contributed by atoms with Gasteiger partial charge in [-0.15, -0.1) is 0 Å². The quantitative estimate of drug-likeness (QED) is 0.818. The predicted octanol–water partition coefficient (Wildman–Crippen LogP) is 4.33. The van der Waals surface area contributed by atoms with Gasteiger partial charge in [-0.25, -0.2) is 0 Å². The first-order valence-corrected chi connectivity index (χ1v) is 8.49. The summed E-state index contributed by atoms with van der Waals surface area (Å²) in [6.07, 6.45) is 0. The lowest BCUT2D eigenvalue weighted by atomic mass is 9.93. The molecule has 118 valence electrons. The highest BCUT2D eigenvalue weighted by Crippen LogP contribution is 2.43. The van der Waals surface area contributed by atoms with E-state index in [0.29, 0.717) is 6.04 Å². The number of benzene rings is 2. The van der Waals surface area contributed by atoms with Gasteiger partial charge in [0.1, 0.15) is 0 Å². The molecule has 0 spiro atoms. The van der Waals surface area contributed by atoms with Crippen LogP contribution in [0.2, 0.25) is 5.02 Å². The van der Waals surface area contributed by atoms with Crippen molar-refractivity contribution in [3.8, 4) is 0 Å². The molecule has 4 heteroatoms. The lowest BCUT2D eigenvalue weighted by molar-refractivity contribution is 0.370. The minimum absolute atomic E-state index is 0.182. The smallest absolute Gasteiger partial charge is 0.202 e. The SMILES string of the molecule is CC(C)N1C2=NCCN2C(c2ccccc2)c2cc(Cl)ccc21. The van der Waals surface area contributed by atoms with Crippen LogP contribution in [0, 0.1) is 0 Å². The molecule has 1 unspecified atom stereocenters. The van der Waals surface area contributed by atoms with Crippen molar-refractivity contribution < 1.29 is 0 Å². The molecule has 0 bridgehead atoms. The molecule has 3 nitrogen and oxygen atoms in total. The maximum absolute atomic E-state index is 6.33. The van der Waals surface area contributed by atoms with Crippen molar-refractivity contribution in [2.24, 2.45) is 4.99 Å². The van der Waals surface area contributed by atoms with Gasteiger partial charge < -0.3 is 9.80 Å². The van der Waals surface area contributed by atoms with E-state index < -0.39 is 0 Å². The Bertz CT molecular complexity index is 754. The molecule has 0 N–H and O–H groups in total. The highest BCUT2D eigenvalue weighted by molar-refractivity contribution is 6.30. The van der Waals surface area contributed by atoms with Crippen LogP contribution in [0.1, 0.15) is 31.0 Å². The molecule has 2 aromatic carbocycles. The van der Waals surface area contributed by atoms with Crippen molar-refractivity contribution in [2.45, 2.75) is 25.9 Å². The summed E-state index contributed by atoms with van der Waals surface area (Å²) in [4.78, 5) is 9.54. The average molecular weight is 326 g/mol. The van der Waals surface area contributed by atoms with Crippen LogP contribution < -0.4 is 4.90 Å². The van der Waals surface area contributed by atoms with Crippen molar-refractivity contribution in [3.05, 3.63) is 64.7 Å². The highest BCUT2D eigenvalue weighted by Gasteiger charge is 2.39. The number of aliphatic imine (C=N–C) groups is 1. The van der Waals surface area contributed by atoms with Crippen LogP contribution in [0.3, 0.4) is 0 Å². The van der Waals surface area contributed by atoms with Crippen LogP contribution in [0.4, 0.5) is 5.69 Å². The fourth-order valence-electron chi connectivity index (χ4n) is 3.65. The second kappa shape index (κ2) is 5.57. The van der Waals surface area contributed by atoms with E-state index >= 15 is 0 Å². The second-order valence-corrected chi connectivity index (χ2v) is 6.79. The Kier molecular flexibility index (Phi) is 3.53. The van der Waals surface area contributed by atoms with Gasteiger partial charge in [-0.2, -0.15) is 0 Å².